The topological polar surface area (TPSA) is 30.5 Å². The molecule has 0 amide bonds. The summed E-state index contributed by atoms with van der Waals surface area (Å²) >= 11 is 0. The zero-order valence-corrected chi connectivity index (χ0v) is 11.5. The minimum atomic E-state index is -0.836. The molecule has 1 atom stereocenters. The molecule has 0 fully saturated rings. The molecule has 0 saturated carbocycles. The smallest absolute Gasteiger partial charge is 0.231 e. The first-order valence-corrected chi connectivity index (χ1v) is 6.71. The van der Waals surface area contributed by atoms with Crippen molar-refractivity contribution in [2.24, 2.45) is 0 Å². The Hall–Kier alpha value is -2.14. The molecule has 0 spiro atoms. The number of fused-ring (bicyclic) bond motifs is 1. The first kappa shape index (κ1) is 13.8. The molecule has 2 aromatic carbocycles. The lowest BCUT2D eigenvalue weighted by Gasteiger charge is -2.15. The van der Waals surface area contributed by atoms with Gasteiger partial charge in [-0.1, -0.05) is 18.2 Å². The largest absolute Gasteiger partial charge is 0.454 e. The number of halogens is 2. The first-order valence-electron chi connectivity index (χ1n) is 6.71. The second kappa shape index (κ2) is 5.69. The maximum Gasteiger partial charge on any atom is 0.231 e. The number of ether oxygens (including phenoxy) is 2. The van der Waals surface area contributed by atoms with E-state index in [0.29, 0.717) is 12.1 Å². The van der Waals surface area contributed by atoms with Crippen LogP contribution in [-0.4, -0.2) is 6.79 Å². The van der Waals surface area contributed by atoms with Gasteiger partial charge in [0.2, 0.25) is 6.79 Å². The van der Waals surface area contributed by atoms with Gasteiger partial charge in [0, 0.05) is 18.2 Å². The Morgan fingerprint density at radius 3 is 2.81 bits per heavy atom. The molecule has 1 aliphatic rings. The van der Waals surface area contributed by atoms with E-state index in [2.05, 4.69) is 5.32 Å². The molecule has 0 bridgehead atoms. The van der Waals surface area contributed by atoms with Crippen LogP contribution in [0.2, 0.25) is 0 Å². The van der Waals surface area contributed by atoms with Crippen molar-refractivity contribution in [3.8, 4) is 11.5 Å². The van der Waals surface area contributed by atoms with Gasteiger partial charge in [-0.3, -0.25) is 0 Å². The molecule has 2 aromatic rings. The molecule has 1 N–H and O–H groups in total. The maximum atomic E-state index is 13.2. The number of rotatable bonds is 4. The number of benzene rings is 2. The van der Waals surface area contributed by atoms with Gasteiger partial charge in [-0.15, -0.1) is 0 Å². The Bertz CT molecular complexity index is 661. The highest BCUT2D eigenvalue weighted by atomic mass is 19.2. The summed E-state index contributed by atoms with van der Waals surface area (Å²) in [5.74, 6) is -0.201. The molecule has 0 aliphatic carbocycles. The van der Waals surface area contributed by atoms with Crippen LogP contribution in [0.25, 0.3) is 0 Å². The molecule has 0 aromatic heterocycles. The first-order chi connectivity index (χ1) is 10.1. The number of nitrogens with one attached hydrogen (secondary N) is 1. The standard InChI is InChI=1S/C16H15F2NO2/c1-10(11-5-6-13(17)14(18)7-11)19-8-12-3-2-4-15-16(12)21-9-20-15/h2-7,10,19H,8-9H2,1H3. The zero-order chi connectivity index (χ0) is 14.8. The molecule has 1 aliphatic heterocycles. The van der Waals surface area contributed by atoms with Crippen LogP contribution in [0.15, 0.2) is 36.4 Å². The summed E-state index contributed by atoms with van der Waals surface area (Å²) in [6.45, 7) is 2.67. The summed E-state index contributed by atoms with van der Waals surface area (Å²) in [5.41, 5.74) is 1.66. The van der Waals surface area contributed by atoms with E-state index in [4.69, 9.17) is 9.47 Å². The Morgan fingerprint density at radius 2 is 2.00 bits per heavy atom. The van der Waals surface area contributed by atoms with E-state index in [1.165, 1.54) is 6.07 Å². The Morgan fingerprint density at radius 1 is 1.14 bits per heavy atom. The van der Waals surface area contributed by atoms with Crippen LogP contribution >= 0.6 is 0 Å². The molecule has 1 unspecified atom stereocenters. The normalized spacial score (nSPS) is 14.2. The average Bonchev–Trinajstić information content (AvgIpc) is 2.96. The lowest BCUT2D eigenvalue weighted by Crippen LogP contribution is -2.18. The Labute approximate surface area is 121 Å². The van der Waals surface area contributed by atoms with Crippen molar-refractivity contribution < 1.29 is 18.3 Å². The van der Waals surface area contributed by atoms with Gasteiger partial charge in [0.05, 0.1) is 0 Å². The molecule has 3 rings (SSSR count). The summed E-state index contributed by atoms with van der Waals surface area (Å²) in [6.07, 6.45) is 0. The van der Waals surface area contributed by atoms with E-state index >= 15 is 0 Å². The molecule has 0 saturated heterocycles. The van der Waals surface area contributed by atoms with Crippen molar-refractivity contribution >= 4 is 0 Å². The molecule has 110 valence electrons. The zero-order valence-electron chi connectivity index (χ0n) is 11.5. The predicted molar refractivity (Wildman–Crippen MR) is 74.2 cm³/mol. The average molecular weight is 291 g/mol. The molecule has 0 radical (unpaired) electrons. The quantitative estimate of drug-likeness (QED) is 0.934. The predicted octanol–water partition coefficient (Wildman–Crippen LogP) is 3.54. The van der Waals surface area contributed by atoms with Crippen molar-refractivity contribution in [2.75, 3.05) is 6.79 Å². The second-order valence-electron chi connectivity index (χ2n) is 4.93. The van der Waals surface area contributed by atoms with E-state index < -0.39 is 11.6 Å². The van der Waals surface area contributed by atoms with Crippen LogP contribution in [0, 0.1) is 11.6 Å². The van der Waals surface area contributed by atoms with Crippen molar-refractivity contribution in [3.63, 3.8) is 0 Å². The van der Waals surface area contributed by atoms with Crippen LogP contribution in [0.5, 0.6) is 11.5 Å². The molecular formula is C16H15F2NO2. The number of hydrogen-bond donors (Lipinski definition) is 1. The summed E-state index contributed by atoms with van der Waals surface area (Å²) < 4.78 is 36.9. The molecule has 1 heterocycles. The van der Waals surface area contributed by atoms with Gasteiger partial charge in [-0.25, -0.2) is 8.78 Å². The van der Waals surface area contributed by atoms with Crippen LogP contribution in [-0.2, 0) is 6.54 Å². The highest BCUT2D eigenvalue weighted by molar-refractivity contribution is 5.48. The van der Waals surface area contributed by atoms with Crippen molar-refractivity contribution in [3.05, 3.63) is 59.2 Å². The third kappa shape index (κ3) is 2.83. The van der Waals surface area contributed by atoms with Crippen molar-refractivity contribution in [1.29, 1.82) is 0 Å². The molecular weight excluding hydrogens is 276 g/mol. The lowest BCUT2D eigenvalue weighted by molar-refractivity contribution is 0.173. The van der Waals surface area contributed by atoms with Crippen molar-refractivity contribution in [2.45, 2.75) is 19.5 Å². The highest BCUT2D eigenvalue weighted by Gasteiger charge is 2.17. The van der Waals surface area contributed by atoms with Crippen LogP contribution in [0.1, 0.15) is 24.1 Å². The second-order valence-corrected chi connectivity index (χ2v) is 4.93. The SMILES string of the molecule is CC(NCc1cccc2c1OCO2)c1ccc(F)c(F)c1. The van der Waals surface area contributed by atoms with Gasteiger partial charge < -0.3 is 14.8 Å². The summed E-state index contributed by atoms with van der Waals surface area (Å²) in [6, 6.07) is 9.50. The third-order valence-electron chi connectivity index (χ3n) is 3.52. The Balaban J connectivity index is 1.70. The van der Waals surface area contributed by atoms with Gasteiger partial charge >= 0.3 is 0 Å². The van der Waals surface area contributed by atoms with Crippen LogP contribution in [0.4, 0.5) is 8.78 Å². The van der Waals surface area contributed by atoms with Crippen LogP contribution < -0.4 is 14.8 Å². The number of hydrogen-bond acceptors (Lipinski definition) is 3. The van der Waals surface area contributed by atoms with E-state index in [-0.39, 0.29) is 12.8 Å². The summed E-state index contributed by atoms with van der Waals surface area (Å²) in [7, 11) is 0. The van der Waals surface area contributed by atoms with Crippen LogP contribution in [0.3, 0.4) is 0 Å². The van der Waals surface area contributed by atoms with Gasteiger partial charge in [0.1, 0.15) is 0 Å². The van der Waals surface area contributed by atoms with E-state index in [9.17, 15) is 8.78 Å². The number of para-hydroxylation sites is 1. The fourth-order valence-corrected chi connectivity index (χ4v) is 2.29. The van der Waals surface area contributed by atoms with E-state index in [1.807, 2.05) is 25.1 Å². The van der Waals surface area contributed by atoms with Gasteiger partial charge in [-0.05, 0) is 30.7 Å². The minimum Gasteiger partial charge on any atom is -0.454 e. The molecule has 5 heteroatoms. The minimum absolute atomic E-state index is 0.113. The third-order valence-corrected chi connectivity index (χ3v) is 3.52. The lowest BCUT2D eigenvalue weighted by atomic mass is 10.1. The van der Waals surface area contributed by atoms with Gasteiger partial charge in [-0.2, -0.15) is 0 Å². The molecule has 21 heavy (non-hydrogen) atoms. The monoisotopic (exact) mass is 291 g/mol. The van der Waals surface area contributed by atoms with Gasteiger partial charge in [0.15, 0.2) is 23.1 Å². The fraction of sp³-hybridized carbons (Fsp3) is 0.250. The van der Waals surface area contributed by atoms with E-state index in [1.54, 1.807) is 6.07 Å². The summed E-state index contributed by atoms with van der Waals surface area (Å²) in [4.78, 5) is 0. The fourth-order valence-electron chi connectivity index (χ4n) is 2.29. The van der Waals surface area contributed by atoms with Gasteiger partial charge in [0.25, 0.3) is 0 Å². The Kier molecular flexibility index (Phi) is 3.75. The highest BCUT2D eigenvalue weighted by Crippen LogP contribution is 2.35. The maximum absolute atomic E-state index is 13.2. The van der Waals surface area contributed by atoms with Crippen molar-refractivity contribution in [1.82, 2.24) is 5.32 Å². The van der Waals surface area contributed by atoms with E-state index in [0.717, 1.165) is 23.1 Å². The summed E-state index contributed by atoms with van der Waals surface area (Å²) in [5, 5.41) is 3.27. The molecule has 3 nitrogen and oxygen atoms in total.